The molecule has 0 heterocycles. The van der Waals surface area contributed by atoms with Crippen LogP contribution in [0.5, 0.6) is 0 Å². The summed E-state index contributed by atoms with van der Waals surface area (Å²) in [5.41, 5.74) is 1.12. The summed E-state index contributed by atoms with van der Waals surface area (Å²) in [5.74, 6) is -0.219. The molecule has 0 aliphatic carbocycles. The molecule has 0 aliphatic heterocycles. The third-order valence-corrected chi connectivity index (χ3v) is 4.07. The zero-order chi connectivity index (χ0) is 15.5. The molecule has 0 fully saturated rings. The molecule has 0 nitrogen and oxygen atoms in total. The van der Waals surface area contributed by atoms with E-state index in [4.69, 9.17) is 0 Å². The van der Waals surface area contributed by atoms with E-state index >= 15 is 0 Å². The molecule has 0 aromatic heterocycles. The Balaban J connectivity index is 2.13. The molecule has 112 valence electrons. The highest BCUT2D eigenvalue weighted by Crippen LogP contribution is 2.30. The second-order valence-electron chi connectivity index (χ2n) is 4.80. The summed E-state index contributed by atoms with van der Waals surface area (Å²) in [4.78, 5) is 0. The molecule has 1 atom stereocenters. The fourth-order valence-electron chi connectivity index (χ4n) is 2.11. The van der Waals surface area contributed by atoms with Crippen molar-refractivity contribution in [3.8, 4) is 0 Å². The fraction of sp³-hybridized carbons (Fsp3) is 0.250. The summed E-state index contributed by atoms with van der Waals surface area (Å²) in [6.07, 6.45) is -3.72. The molecule has 0 radical (unpaired) electrons. The second kappa shape index (κ2) is 6.60. The van der Waals surface area contributed by atoms with Crippen LogP contribution in [0.2, 0.25) is 0 Å². The van der Waals surface area contributed by atoms with Gasteiger partial charge in [0, 0.05) is 5.33 Å². The van der Waals surface area contributed by atoms with Gasteiger partial charge in [0.25, 0.3) is 0 Å². The number of alkyl halides is 4. The van der Waals surface area contributed by atoms with Crippen LogP contribution in [0.1, 0.15) is 22.6 Å². The topological polar surface area (TPSA) is 0 Å². The van der Waals surface area contributed by atoms with Crippen LogP contribution in [-0.4, -0.2) is 5.33 Å². The van der Waals surface area contributed by atoms with Crippen molar-refractivity contribution in [3.05, 3.63) is 71.0 Å². The predicted molar refractivity (Wildman–Crippen MR) is 78.1 cm³/mol. The number of halogens is 5. The van der Waals surface area contributed by atoms with Gasteiger partial charge in [-0.15, -0.1) is 0 Å². The van der Waals surface area contributed by atoms with Crippen LogP contribution in [0.25, 0.3) is 0 Å². The number of rotatable bonds is 4. The van der Waals surface area contributed by atoms with Gasteiger partial charge in [0.05, 0.1) is 5.56 Å². The molecule has 0 saturated carbocycles. The van der Waals surface area contributed by atoms with Crippen molar-refractivity contribution >= 4 is 15.9 Å². The number of hydrogen-bond donors (Lipinski definition) is 0. The van der Waals surface area contributed by atoms with Crippen LogP contribution in [-0.2, 0) is 12.6 Å². The highest BCUT2D eigenvalue weighted by Gasteiger charge is 2.30. The second-order valence-corrected chi connectivity index (χ2v) is 5.45. The van der Waals surface area contributed by atoms with E-state index in [1.807, 2.05) is 0 Å². The van der Waals surface area contributed by atoms with E-state index in [0.717, 1.165) is 23.3 Å². The molecule has 0 spiro atoms. The zero-order valence-corrected chi connectivity index (χ0v) is 12.6. The van der Waals surface area contributed by atoms with E-state index in [-0.39, 0.29) is 11.7 Å². The third-order valence-electron chi connectivity index (χ3n) is 3.29. The average molecular weight is 361 g/mol. The Hall–Kier alpha value is -1.36. The van der Waals surface area contributed by atoms with Crippen molar-refractivity contribution in [1.29, 1.82) is 0 Å². The van der Waals surface area contributed by atoms with Gasteiger partial charge in [-0.1, -0.05) is 40.2 Å². The Morgan fingerprint density at radius 3 is 1.95 bits per heavy atom. The molecule has 0 amide bonds. The van der Waals surface area contributed by atoms with Gasteiger partial charge in [0.2, 0.25) is 0 Å². The molecule has 5 heteroatoms. The molecule has 1 unspecified atom stereocenters. The first-order chi connectivity index (χ1) is 9.90. The summed E-state index contributed by atoms with van der Waals surface area (Å²) >= 11 is 3.40. The monoisotopic (exact) mass is 360 g/mol. The van der Waals surface area contributed by atoms with Crippen molar-refractivity contribution < 1.29 is 17.6 Å². The smallest absolute Gasteiger partial charge is 0.207 e. The summed E-state index contributed by atoms with van der Waals surface area (Å²) in [6.45, 7) is 0. The van der Waals surface area contributed by atoms with E-state index in [0.29, 0.717) is 11.8 Å². The van der Waals surface area contributed by atoms with Gasteiger partial charge in [-0.2, -0.15) is 13.2 Å². The van der Waals surface area contributed by atoms with Crippen molar-refractivity contribution in [1.82, 2.24) is 0 Å². The van der Waals surface area contributed by atoms with Gasteiger partial charge in [-0.05, 0) is 47.7 Å². The first-order valence-corrected chi connectivity index (χ1v) is 7.50. The van der Waals surface area contributed by atoms with E-state index in [2.05, 4.69) is 15.9 Å². The summed E-state index contributed by atoms with van der Waals surface area (Å²) in [6, 6.07) is 11.3. The molecule has 2 rings (SSSR count). The van der Waals surface area contributed by atoms with Crippen LogP contribution in [0.4, 0.5) is 17.6 Å². The number of hydrogen-bond acceptors (Lipinski definition) is 0. The molecule has 2 aromatic carbocycles. The maximum absolute atomic E-state index is 12.9. The van der Waals surface area contributed by atoms with Crippen molar-refractivity contribution in [2.45, 2.75) is 18.5 Å². The average Bonchev–Trinajstić information content (AvgIpc) is 2.45. The summed E-state index contributed by atoms with van der Waals surface area (Å²) < 4.78 is 50.4. The van der Waals surface area contributed by atoms with Gasteiger partial charge in [-0.25, -0.2) is 4.39 Å². The largest absolute Gasteiger partial charge is 0.416 e. The molecule has 0 bridgehead atoms. The van der Waals surface area contributed by atoms with Crippen molar-refractivity contribution in [2.24, 2.45) is 0 Å². The minimum Gasteiger partial charge on any atom is -0.207 e. The standard InChI is InChI=1S/C16H13BrF4/c17-10-13(12-3-7-15(18)8-4-12)9-11-1-5-14(6-2-11)16(19,20)21/h1-8,13H,9-10H2. The van der Waals surface area contributed by atoms with Crippen molar-refractivity contribution in [2.75, 3.05) is 5.33 Å². The molecular formula is C16H13BrF4. The first-order valence-electron chi connectivity index (χ1n) is 6.37. The van der Waals surface area contributed by atoms with Crippen LogP contribution < -0.4 is 0 Å². The maximum atomic E-state index is 12.9. The minimum atomic E-state index is -4.32. The van der Waals surface area contributed by atoms with Crippen molar-refractivity contribution in [3.63, 3.8) is 0 Å². The van der Waals surface area contributed by atoms with Gasteiger partial charge in [0.15, 0.2) is 0 Å². The zero-order valence-electron chi connectivity index (χ0n) is 11.0. The van der Waals surface area contributed by atoms with E-state index in [9.17, 15) is 17.6 Å². The van der Waals surface area contributed by atoms with Crippen LogP contribution in [0.15, 0.2) is 48.5 Å². The Labute approximate surface area is 128 Å². The van der Waals surface area contributed by atoms with Gasteiger partial charge in [-0.3, -0.25) is 0 Å². The lowest BCUT2D eigenvalue weighted by atomic mass is 9.93. The fourth-order valence-corrected chi connectivity index (χ4v) is 2.71. The first kappa shape index (κ1) is 16.0. The lowest BCUT2D eigenvalue weighted by Gasteiger charge is -2.15. The third kappa shape index (κ3) is 4.30. The lowest BCUT2D eigenvalue weighted by Crippen LogP contribution is -2.07. The van der Waals surface area contributed by atoms with Gasteiger partial charge < -0.3 is 0 Å². The number of benzene rings is 2. The molecule has 0 aliphatic rings. The molecule has 21 heavy (non-hydrogen) atoms. The highest BCUT2D eigenvalue weighted by molar-refractivity contribution is 9.09. The summed E-state index contributed by atoms with van der Waals surface area (Å²) in [5, 5.41) is 0.652. The highest BCUT2D eigenvalue weighted by atomic mass is 79.9. The van der Waals surface area contributed by atoms with E-state index in [1.165, 1.54) is 24.3 Å². The predicted octanol–water partition coefficient (Wildman–Crippen LogP) is 5.57. The Bertz CT molecular complexity index is 573. The SMILES string of the molecule is Fc1ccc(C(CBr)Cc2ccc(C(F)(F)F)cc2)cc1. The Morgan fingerprint density at radius 2 is 1.48 bits per heavy atom. The molecule has 0 saturated heterocycles. The van der Waals surface area contributed by atoms with E-state index in [1.54, 1.807) is 12.1 Å². The Kier molecular flexibility index (Phi) is 5.04. The Morgan fingerprint density at radius 1 is 0.905 bits per heavy atom. The van der Waals surface area contributed by atoms with Crippen LogP contribution >= 0.6 is 15.9 Å². The van der Waals surface area contributed by atoms with Gasteiger partial charge in [0.1, 0.15) is 5.82 Å². The summed E-state index contributed by atoms with van der Waals surface area (Å²) in [7, 11) is 0. The van der Waals surface area contributed by atoms with Crippen LogP contribution in [0.3, 0.4) is 0 Å². The minimum absolute atomic E-state index is 0.0855. The molecular weight excluding hydrogens is 348 g/mol. The molecule has 0 N–H and O–H groups in total. The quantitative estimate of drug-likeness (QED) is 0.494. The molecule has 2 aromatic rings. The van der Waals surface area contributed by atoms with E-state index < -0.39 is 11.7 Å². The maximum Gasteiger partial charge on any atom is 0.416 e. The lowest BCUT2D eigenvalue weighted by molar-refractivity contribution is -0.137. The normalized spacial score (nSPS) is 13.2. The van der Waals surface area contributed by atoms with Gasteiger partial charge >= 0.3 is 6.18 Å². The van der Waals surface area contributed by atoms with Crippen LogP contribution in [0, 0.1) is 5.82 Å².